The zero-order valence-corrected chi connectivity index (χ0v) is 20.3. The van der Waals surface area contributed by atoms with E-state index in [0.717, 1.165) is 4.88 Å². The van der Waals surface area contributed by atoms with Crippen LogP contribution in [0.3, 0.4) is 0 Å². The Morgan fingerprint density at radius 1 is 1.18 bits per heavy atom. The van der Waals surface area contributed by atoms with Crippen LogP contribution in [0.15, 0.2) is 41.8 Å². The van der Waals surface area contributed by atoms with E-state index >= 15 is 0 Å². The summed E-state index contributed by atoms with van der Waals surface area (Å²) in [6, 6.07) is 8.39. The summed E-state index contributed by atoms with van der Waals surface area (Å²) in [4.78, 5) is 43.7. The molecule has 0 radical (unpaired) electrons. The number of piperidine rings is 1. The van der Waals surface area contributed by atoms with Crippen molar-refractivity contribution < 1.29 is 23.5 Å². The zero-order valence-electron chi connectivity index (χ0n) is 19.5. The second-order valence-electron chi connectivity index (χ2n) is 9.23. The molecule has 1 N–H and O–H groups in total. The maximum absolute atomic E-state index is 13.6. The van der Waals surface area contributed by atoms with Gasteiger partial charge in [0.25, 0.3) is 5.91 Å². The summed E-state index contributed by atoms with van der Waals surface area (Å²) in [7, 11) is 0. The van der Waals surface area contributed by atoms with Crippen LogP contribution in [0.4, 0.5) is 4.39 Å². The minimum atomic E-state index is -0.981. The maximum atomic E-state index is 13.6. The molecule has 0 saturated carbocycles. The van der Waals surface area contributed by atoms with Crippen LogP contribution in [-0.2, 0) is 20.7 Å². The van der Waals surface area contributed by atoms with Gasteiger partial charge < -0.3 is 15.0 Å². The monoisotopic (exact) mass is 487 g/mol. The molecule has 0 bridgehead atoms. The van der Waals surface area contributed by atoms with Gasteiger partial charge in [0, 0.05) is 42.9 Å². The molecule has 1 spiro atoms. The predicted octanol–water partition coefficient (Wildman–Crippen LogP) is 3.06. The molecule has 2 aliphatic heterocycles. The van der Waals surface area contributed by atoms with Gasteiger partial charge in [-0.2, -0.15) is 0 Å². The van der Waals surface area contributed by atoms with Crippen LogP contribution < -0.4 is 5.32 Å². The summed E-state index contributed by atoms with van der Waals surface area (Å²) < 4.78 is 19.6. The maximum Gasteiger partial charge on any atom is 0.256 e. The molecule has 2 aromatic rings. The molecule has 7 nitrogen and oxygen atoms in total. The van der Waals surface area contributed by atoms with Gasteiger partial charge in [-0.1, -0.05) is 19.9 Å². The Hall–Kier alpha value is -2.78. The Morgan fingerprint density at radius 2 is 1.88 bits per heavy atom. The fraction of sp³-hybridized carbons (Fsp3) is 0.480. The van der Waals surface area contributed by atoms with Crippen LogP contribution in [0.1, 0.15) is 41.9 Å². The molecule has 2 saturated heterocycles. The van der Waals surface area contributed by atoms with E-state index in [2.05, 4.69) is 5.32 Å². The van der Waals surface area contributed by atoms with E-state index in [4.69, 9.17) is 4.74 Å². The molecule has 1 atom stereocenters. The molecule has 0 aliphatic carbocycles. The number of ether oxygens (including phenoxy) is 1. The zero-order chi connectivity index (χ0) is 24.3. The standard InChI is InChI=1S/C25H30FN3O4S/c1-17(2)15-27-23(31)21-16-33-25(29(21)24(32)18-5-7-19(26)8-6-18)9-11-28(12-10-25)22(30)14-20-4-3-13-34-20/h3-8,13,17,21H,9-12,14-16H2,1-2H3,(H,27,31). The van der Waals surface area contributed by atoms with E-state index in [1.807, 2.05) is 31.4 Å². The van der Waals surface area contributed by atoms with Gasteiger partial charge in [-0.15, -0.1) is 11.3 Å². The smallest absolute Gasteiger partial charge is 0.256 e. The second-order valence-corrected chi connectivity index (χ2v) is 10.3. The number of rotatable bonds is 6. The summed E-state index contributed by atoms with van der Waals surface area (Å²) in [5, 5.41) is 4.86. The fourth-order valence-corrected chi connectivity index (χ4v) is 5.20. The number of carbonyl (C=O) groups is 3. The predicted molar refractivity (Wildman–Crippen MR) is 127 cm³/mol. The van der Waals surface area contributed by atoms with Crippen molar-refractivity contribution in [3.63, 3.8) is 0 Å². The molecule has 2 fully saturated rings. The lowest BCUT2D eigenvalue weighted by Crippen LogP contribution is -2.60. The van der Waals surface area contributed by atoms with Crippen molar-refractivity contribution in [3.8, 4) is 0 Å². The first-order valence-corrected chi connectivity index (χ1v) is 12.5. The van der Waals surface area contributed by atoms with Crippen molar-refractivity contribution in [2.45, 2.75) is 44.9 Å². The van der Waals surface area contributed by atoms with Crippen LogP contribution >= 0.6 is 11.3 Å². The molecular weight excluding hydrogens is 457 g/mol. The highest BCUT2D eigenvalue weighted by Crippen LogP contribution is 2.38. The van der Waals surface area contributed by atoms with Gasteiger partial charge in [0.2, 0.25) is 11.8 Å². The Labute approximate surface area is 202 Å². The highest BCUT2D eigenvalue weighted by atomic mass is 32.1. The molecule has 2 aliphatic rings. The van der Waals surface area contributed by atoms with Crippen molar-refractivity contribution in [3.05, 3.63) is 58.0 Å². The molecule has 1 aromatic carbocycles. The van der Waals surface area contributed by atoms with E-state index < -0.39 is 17.6 Å². The summed E-state index contributed by atoms with van der Waals surface area (Å²) in [6.07, 6.45) is 1.16. The first-order valence-electron chi connectivity index (χ1n) is 11.6. The average Bonchev–Trinajstić information content (AvgIpc) is 3.46. The lowest BCUT2D eigenvalue weighted by Gasteiger charge is -2.44. The summed E-state index contributed by atoms with van der Waals surface area (Å²) in [5.41, 5.74) is -0.686. The number of likely N-dealkylation sites (tertiary alicyclic amines) is 1. The number of thiophene rings is 1. The van der Waals surface area contributed by atoms with Crippen molar-refractivity contribution in [1.29, 1.82) is 0 Å². The van der Waals surface area contributed by atoms with Crippen LogP contribution in [0.5, 0.6) is 0 Å². The first-order chi connectivity index (χ1) is 16.3. The lowest BCUT2D eigenvalue weighted by molar-refractivity contribution is -0.143. The quantitative estimate of drug-likeness (QED) is 0.679. The number of nitrogens with one attached hydrogen (secondary N) is 1. The number of halogens is 1. The van der Waals surface area contributed by atoms with Gasteiger partial charge in [-0.05, 0) is 41.6 Å². The van der Waals surface area contributed by atoms with E-state index in [0.29, 0.717) is 44.5 Å². The van der Waals surface area contributed by atoms with Gasteiger partial charge in [-0.25, -0.2) is 4.39 Å². The highest BCUT2D eigenvalue weighted by molar-refractivity contribution is 7.10. The Morgan fingerprint density at radius 3 is 2.50 bits per heavy atom. The fourth-order valence-electron chi connectivity index (χ4n) is 4.50. The number of nitrogens with zero attached hydrogens (tertiary/aromatic N) is 2. The van der Waals surface area contributed by atoms with E-state index in [-0.39, 0.29) is 30.2 Å². The van der Waals surface area contributed by atoms with E-state index in [1.54, 1.807) is 16.2 Å². The molecule has 3 amide bonds. The second kappa shape index (κ2) is 10.2. The summed E-state index contributed by atoms with van der Waals surface area (Å²) >= 11 is 1.55. The van der Waals surface area contributed by atoms with Crippen molar-refractivity contribution in [2.24, 2.45) is 5.92 Å². The third-order valence-electron chi connectivity index (χ3n) is 6.36. The largest absolute Gasteiger partial charge is 0.354 e. The van der Waals surface area contributed by atoms with Gasteiger partial charge in [0.05, 0.1) is 13.0 Å². The van der Waals surface area contributed by atoms with Crippen LogP contribution in [0.25, 0.3) is 0 Å². The van der Waals surface area contributed by atoms with Gasteiger partial charge in [-0.3, -0.25) is 19.3 Å². The number of hydrogen-bond acceptors (Lipinski definition) is 5. The Balaban J connectivity index is 1.53. The minimum Gasteiger partial charge on any atom is -0.354 e. The topological polar surface area (TPSA) is 79.0 Å². The molecule has 3 heterocycles. The number of hydrogen-bond donors (Lipinski definition) is 1. The molecule has 4 rings (SSSR count). The molecule has 34 heavy (non-hydrogen) atoms. The van der Waals surface area contributed by atoms with E-state index in [9.17, 15) is 18.8 Å². The van der Waals surface area contributed by atoms with Crippen LogP contribution in [-0.4, -0.2) is 65.5 Å². The molecular formula is C25H30FN3O4S. The van der Waals surface area contributed by atoms with Crippen molar-refractivity contribution in [1.82, 2.24) is 15.1 Å². The molecule has 9 heteroatoms. The van der Waals surface area contributed by atoms with Crippen LogP contribution in [0.2, 0.25) is 0 Å². The van der Waals surface area contributed by atoms with Crippen molar-refractivity contribution in [2.75, 3.05) is 26.2 Å². The lowest BCUT2D eigenvalue weighted by atomic mass is 9.96. The Bertz CT molecular complexity index is 1020. The number of benzene rings is 1. The number of carbonyl (C=O) groups excluding carboxylic acids is 3. The molecule has 1 aromatic heterocycles. The SMILES string of the molecule is CC(C)CNC(=O)C1COC2(CCN(C(=O)Cc3cccs3)CC2)N1C(=O)c1ccc(F)cc1. The normalized spacial score (nSPS) is 19.6. The first kappa shape index (κ1) is 24.3. The third-order valence-corrected chi connectivity index (χ3v) is 7.24. The molecule has 182 valence electrons. The van der Waals surface area contributed by atoms with E-state index in [1.165, 1.54) is 29.2 Å². The molecule has 1 unspecified atom stereocenters. The average molecular weight is 488 g/mol. The summed E-state index contributed by atoms with van der Waals surface area (Å²) in [5.74, 6) is -0.775. The van der Waals surface area contributed by atoms with Gasteiger partial charge in [0.1, 0.15) is 17.6 Å². The number of amides is 3. The van der Waals surface area contributed by atoms with Crippen molar-refractivity contribution >= 4 is 29.1 Å². The highest BCUT2D eigenvalue weighted by Gasteiger charge is 2.54. The summed E-state index contributed by atoms with van der Waals surface area (Å²) in [6.45, 7) is 5.43. The van der Waals surface area contributed by atoms with Gasteiger partial charge >= 0.3 is 0 Å². The minimum absolute atomic E-state index is 0.0398. The third kappa shape index (κ3) is 5.15. The van der Waals surface area contributed by atoms with Crippen LogP contribution in [0, 0.1) is 11.7 Å². The Kier molecular flexibility index (Phi) is 7.33. The van der Waals surface area contributed by atoms with Gasteiger partial charge in [0.15, 0.2) is 0 Å².